The molecular formula is C18H24N2O2. The average molecular weight is 300 g/mol. The number of amides is 2. The Bertz CT molecular complexity index is 574. The molecule has 1 aromatic rings. The third-order valence-corrected chi connectivity index (χ3v) is 5.68. The topological polar surface area (TPSA) is 50.4 Å². The van der Waals surface area contributed by atoms with Crippen molar-refractivity contribution in [3.8, 4) is 0 Å². The smallest absolute Gasteiger partial charge is 0.315 e. The average Bonchev–Trinajstić information content (AvgIpc) is 3.12. The van der Waals surface area contributed by atoms with Gasteiger partial charge in [0.2, 0.25) is 0 Å². The molecule has 4 heteroatoms. The SMILES string of the molecule is C[C@@H]1OCC[C@@H]1NC(=O)NC[C@@H]1[C@@H]2CCc3ccccc3[C@H]12. The molecule has 0 spiro atoms. The summed E-state index contributed by atoms with van der Waals surface area (Å²) in [5.74, 6) is 2.05. The van der Waals surface area contributed by atoms with E-state index in [2.05, 4.69) is 34.9 Å². The predicted molar refractivity (Wildman–Crippen MR) is 84.8 cm³/mol. The lowest BCUT2D eigenvalue weighted by atomic mass is 9.92. The molecule has 1 heterocycles. The first-order chi connectivity index (χ1) is 10.7. The maximum atomic E-state index is 12.1. The van der Waals surface area contributed by atoms with Crippen molar-refractivity contribution < 1.29 is 9.53 Å². The van der Waals surface area contributed by atoms with Gasteiger partial charge in [-0.1, -0.05) is 24.3 Å². The zero-order valence-corrected chi connectivity index (χ0v) is 13.0. The predicted octanol–water partition coefficient (Wildman–Crippen LogP) is 2.44. The summed E-state index contributed by atoms with van der Waals surface area (Å²) >= 11 is 0. The van der Waals surface area contributed by atoms with Crippen molar-refractivity contribution in [1.29, 1.82) is 0 Å². The van der Waals surface area contributed by atoms with Gasteiger partial charge in [-0.05, 0) is 55.1 Å². The van der Waals surface area contributed by atoms with Gasteiger partial charge in [-0.25, -0.2) is 4.79 Å². The molecule has 0 bridgehead atoms. The lowest BCUT2D eigenvalue weighted by Gasteiger charge is -2.16. The Hall–Kier alpha value is -1.55. The fourth-order valence-electron chi connectivity index (χ4n) is 4.34. The molecule has 3 aliphatic rings. The maximum Gasteiger partial charge on any atom is 0.315 e. The minimum absolute atomic E-state index is 0.0423. The summed E-state index contributed by atoms with van der Waals surface area (Å²) in [6.45, 7) is 3.55. The summed E-state index contributed by atoms with van der Waals surface area (Å²) in [5.41, 5.74) is 3.02. The van der Waals surface area contributed by atoms with Crippen LogP contribution < -0.4 is 10.6 Å². The number of benzene rings is 1. The van der Waals surface area contributed by atoms with Crippen LogP contribution in [0.5, 0.6) is 0 Å². The van der Waals surface area contributed by atoms with Gasteiger partial charge >= 0.3 is 6.03 Å². The second-order valence-corrected chi connectivity index (χ2v) is 6.92. The van der Waals surface area contributed by atoms with E-state index >= 15 is 0 Å². The van der Waals surface area contributed by atoms with Gasteiger partial charge in [-0.2, -0.15) is 0 Å². The van der Waals surface area contributed by atoms with Gasteiger partial charge in [0, 0.05) is 13.2 Å². The van der Waals surface area contributed by atoms with Crippen LogP contribution in [0.4, 0.5) is 4.79 Å². The Morgan fingerprint density at radius 3 is 3.00 bits per heavy atom. The fourth-order valence-corrected chi connectivity index (χ4v) is 4.34. The van der Waals surface area contributed by atoms with Crippen LogP contribution in [-0.4, -0.2) is 31.3 Å². The quantitative estimate of drug-likeness (QED) is 0.901. The van der Waals surface area contributed by atoms with Crippen LogP contribution in [0.3, 0.4) is 0 Å². The van der Waals surface area contributed by atoms with Crippen LogP contribution >= 0.6 is 0 Å². The van der Waals surface area contributed by atoms with E-state index in [-0.39, 0.29) is 18.2 Å². The molecule has 2 N–H and O–H groups in total. The fraction of sp³-hybridized carbons (Fsp3) is 0.611. The summed E-state index contributed by atoms with van der Waals surface area (Å²) in [4.78, 5) is 12.1. The van der Waals surface area contributed by atoms with Crippen LogP contribution in [0, 0.1) is 11.8 Å². The molecule has 118 valence electrons. The van der Waals surface area contributed by atoms with E-state index in [4.69, 9.17) is 4.74 Å². The summed E-state index contributed by atoms with van der Waals surface area (Å²) in [7, 11) is 0. The van der Waals surface area contributed by atoms with Crippen molar-refractivity contribution in [3.63, 3.8) is 0 Å². The Morgan fingerprint density at radius 2 is 2.18 bits per heavy atom. The standard InChI is InChI=1S/C18H24N2O2/c1-11-16(8-9-22-11)20-18(21)19-10-15-14-7-6-12-4-2-3-5-13(12)17(14)15/h2-5,11,14-17H,6-10H2,1H3,(H2,19,20,21)/t11-,14-,15+,16-,17-/m0/s1. The number of carbonyl (C=O) groups is 1. The number of aryl methyl sites for hydroxylation is 1. The van der Waals surface area contributed by atoms with Crippen LogP contribution in [0.15, 0.2) is 24.3 Å². The zero-order valence-electron chi connectivity index (χ0n) is 13.0. The molecule has 1 saturated carbocycles. The Labute approximate surface area is 131 Å². The number of nitrogens with one attached hydrogen (secondary N) is 2. The second-order valence-electron chi connectivity index (χ2n) is 6.92. The Kier molecular flexibility index (Phi) is 3.57. The molecule has 0 radical (unpaired) electrons. The first-order valence-electron chi connectivity index (χ1n) is 8.48. The molecule has 4 rings (SSSR count). The monoisotopic (exact) mass is 300 g/mol. The van der Waals surface area contributed by atoms with E-state index in [0.29, 0.717) is 11.8 Å². The van der Waals surface area contributed by atoms with E-state index in [1.807, 2.05) is 6.92 Å². The molecule has 0 unspecified atom stereocenters. The van der Waals surface area contributed by atoms with Crippen molar-refractivity contribution in [3.05, 3.63) is 35.4 Å². The number of rotatable bonds is 3. The van der Waals surface area contributed by atoms with Gasteiger partial charge in [0.25, 0.3) is 0 Å². The number of urea groups is 1. The highest BCUT2D eigenvalue weighted by atomic mass is 16.5. The molecule has 2 fully saturated rings. The van der Waals surface area contributed by atoms with Crippen molar-refractivity contribution in [2.75, 3.05) is 13.2 Å². The molecule has 1 aromatic carbocycles. The lowest BCUT2D eigenvalue weighted by Crippen LogP contribution is -2.45. The largest absolute Gasteiger partial charge is 0.376 e. The van der Waals surface area contributed by atoms with Crippen molar-refractivity contribution in [2.45, 2.75) is 44.2 Å². The normalized spacial score (nSPS) is 35.4. The summed E-state index contributed by atoms with van der Waals surface area (Å²) in [6, 6.07) is 8.90. The molecule has 4 nitrogen and oxygen atoms in total. The van der Waals surface area contributed by atoms with Crippen LogP contribution in [0.1, 0.15) is 36.8 Å². The Balaban J connectivity index is 1.30. The van der Waals surface area contributed by atoms with Crippen LogP contribution in [-0.2, 0) is 11.2 Å². The summed E-state index contributed by atoms with van der Waals surface area (Å²) < 4.78 is 5.48. The van der Waals surface area contributed by atoms with Crippen LogP contribution in [0.2, 0.25) is 0 Å². The number of hydrogen-bond donors (Lipinski definition) is 2. The van der Waals surface area contributed by atoms with Gasteiger partial charge in [0.05, 0.1) is 12.1 Å². The van der Waals surface area contributed by atoms with E-state index in [1.54, 1.807) is 0 Å². The van der Waals surface area contributed by atoms with E-state index in [0.717, 1.165) is 25.5 Å². The highest BCUT2D eigenvalue weighted by molar-refractivity contribution is 5.74. The van der Waals surface area contributed by atoms with E-state index < -0.39 is 0 Å². The first kappa shape index (κ1) is 14.1. The molecule has 2 aliphatic carbocycles. The van der Waals surface area contributed by atoms with Gasteiger partial charge < -0.3 is 15.4 Å². The second kappa shape index (κ2) is 5.58. The third-order valence-electron chi connectivity index (χ3n) is 5.68. The highest BCUT2D eigenvalue weighted by Gasteiger charge is 2.52. The minimum Gasteiger partial charge on any atom is -0.376 e. The lowest BCUT2D eigenvalue weighted by molar-refractivity contribution is 0.114. The minimum atomic E-state index is -0.0423. The molecule has 22 heavy (non-hydrogen) atoms. The number of ether oxygens (including phenoxy) is 1. The van der Waals surface area contributed by atoms with Gasteiger partial charge in [0.1, 0.15) is 0 Å². The van der Waals surface area contributed by atoms with E-state index in [1.165, 1.54) is 24.0 Å². The highest BCUT2D eigenvalue weighted by Crippen LogP contribution is 2.59. The van der Waals surface area contributed by atoms with Gasteiger partial charge in [-0.3, -0.25) is 0 Å². The summed E-state index contributed by atoms with van der Waals surface area (Å²) in [6.07, 6.45) is 3.50. The molecular weight excluding hydrogens is 276 g/mol. The molecule has 5 atom stereocenters. The maximum absolute atomic E-state index is 12.1. The third kappa shape index (κ3) is 2.50. The molecule has 1 saturated heterocycles. The molecule has 0 aromatic heterocycles. The van der Waals surface area contributed by atoms with E-state index in [9.17, 15) is 4.79 Å². The van der Waals surface area contributed by atoms with Crippen molar-refractivity contribution in [1.82, 2.24) is 10.6 Å². The Morgan fingerprint density at radius 1 is 1.32 bits per heavy atom. The number of carbonyl (C=O) groups excluding carboxylic acids is 1. The van der Waals surface area contributed by atoms with Crippen molar-refractivity contribution >= 4 is 6.03 Å². The van der Waals surface area contributed by atoms with Crippen LogP contribution in [0.25, 0.3) is 0 Å². The molecule has 1 aliphatic heterocycles. The summed E-state index contributed by atoms with van der Waals surface area (Å²) in [5, 5.41) is 6.11. The number of hydrogen-bond acceptors (Lipinski definition) is 2. The first-order valence-corrected chi connectivity index (χ1v) is 8.48. The van der Waals surface area contributed by atoms with Gasteiger partial charge in [-0.15, -0.1) is 0 Å². The molecule has 2 amide bonds. The number of fused-ring (bicyclic) bond motifs is 3. The van der Waals surface area contributed by atoms with Gasteiger partial charge in [0.15, 0.2) is 0 Å². The van der Waals surface area contributed by atoms with Crippen molar-refractivity contribution in [2.24, 2.45) is 11.8 Å². The zero-order chi connectivity index (χ0) is 15.1.